The Morgan fingerprint density at radius 3 is 2.14 bits per heavy atom. The second-order valence-corrected chi connectivity index (χ2v) is 11.3. The summed E-state index contributed by atoms with van der Waals surface area (Å²) >= 11 is 0. The third kappa shape index (κ3) is 4.37. The molecule has 0 aliphatic heterocycles. The molecule has 4 aromatic rings. The van der Waals surface area contributed by atoms with Crippen molar-refractivity contribution < 1.29 is 13.2 Å². The highest BCUT2D eigenvalue weighted by Gasteiger charge is 2.37. The van der Waals surface area contributed by atoms with E-state index in [9.17, 15) is 18.0 Å². The molecule has 0 radical (unpaired) electrons. The third-order valence-electron chi connectivity index (χ3n) is 6.08. The average molecular weight is 505 g/mol. The number of hydrogen-bond donors (Lipinski definition) is 0. The molecule has 186 valence electrons. The monoisotopic (exact) mass is 504 g/mol. The van der Waals surface area contributed by atoms with Crippen molar-refractivity contribution in [3.8, 4) is 5.69 Å². The van der Waals surface area contributed by atoms with Crippen LogP contribution in [-0.4, -0.2) is 28.7 Å². The first kappa shape index (κ1) is 25.1. The van der Waals surface area contributed by atoms with E-state index in [1.807, 2.05) is 26.8 Å². The number of aromatic nitrogens is 3. The maximum Gasteiger partial charge on any atom is 0.296 e. The molecule has 0 spiro atoms. The quantitative estimate of drug-likeness (QED) is 0.406. The summed E-state index contributed by atoms with van der Waals surface area (Å²) in [5.41, 5.74) is 0.780. The molecule has 0 N–H and O–H groups in total. The molecule has 1 amide bonds. The van der Waals surface area contributed by atoms with Gasteiger partial charge in [0, 0.05) is 19.4 Å². The maximum atomic E-state index is 14.0. The Bertz CT molecular complexity index is 1570. The van der Waals surface area contributed by atoms with E-state index in [1.165, 1.54) is 46.0 Å². The average Bonchev–Trinajstić information content (AvgIpc) is 3.08. The number of nitrogens with zero attached hydrogens (tertiary/aromatic N) is 4. The predicted octanol–water partition coefficient (Wildman–Crippen LogP) is 4.21. The van der Waals surface area contributed by atoms with Gasteiger partial charge in [0.05, 0.1) is 21.8 Å². The number of carbonyl (C=O) groups excluding carboxylic acids is 1. The molecule has 36 heavy (non-hydrogen) atoms. The van der Waals surface area contributed by atoms with E-state index in [4.69, 9.17) is 0 Å². The van der Waals surface area contributed by atoms with Gasteiger partial charge in [0.15, 0.2) is 0 Å². The second-order valence-electron chi connectivity index (χ2n) is 9.50. The minimum absolute atomic E-state index is 0.0429. The van der Waals surface area contributed by atoms with Gasteiger partial charge in [-0.25, -0.2) is 13.1 Å². The normalized spacial score (nSPS) is 11.9. The predicted molar refractivity (Wildman–Crippen MR) is 139 cm³/mol. The van der Waals surface area contributed by atoms with Crippen LogP contribution in [-0.2, 0) is 22.5 Å². The molecule has 0 saturated carbocycles. The number of amides is 1. The fourth-order valence-corrected chi connectivity index (χ4v) is 5.42. The van der Waals surface area contributed by atoms with Crippen LogP contribution in [0.3, 0.4) is 0 Å². The Balaban J connectivity index is 1.96. The van der Waals surface area contributed by atoms with Gasteiger partial charge in [0.1, 0.15) is 5.69 Å². The lowest BCUT2D eigenvalue weighted by Crippen LogP contribution is -2.40. The number of rotatable bonds is 5. The Morgan fingerprint density at radius 2 is 1.58 bits per heavy atom. The summed E-state index contributed by atoms with van der Waals surface area (Å²) in [5.74, 6) is -0.867. The van der Waals surface area contributed by atoms with E-state index < -0.39 is 21.5 Å². The fraction of sp³-hybridized carbons (Fsp3) is 0.222. The van der Waals surface area contributed by atoms with Gasteiger partial charge in [-0.2, -0.15) is 4.31 Å². The molecule has 0 bridgehead atoms. The maximum absolute atomic E-state index is 14.0. The highest BCUT2D eigenvalue weighted by molar-refractivity contribution is 7.93. The molecular formula is C27H28N4O4S. The number of hydrogen-bond acceptors (Lipinski definition) is 5. The molecule has 0 atom stereocenters. The molecule has 8 nitrogen and oxygen atoms in total. The van der Waals surface area contributed by atoms with E-state index >= 15 is 0 Å². The summed E-state index contributed by atoms with van der Waals surface area (Å²) in [5, 5.41) is 0. The zero-order chi connectivity index (χ0) is 26.3. The molecular weight excluding hydrogens is 476 g/mol. The van der Waals surface area contributed by atoms with Crippen molar-refractivity contribution in [2.45, 2.75) is 38.0 Å². The van der Waals surface area contributed by atoms with Crippen LogP contribution >= 0.6 is 0 Å². The number of benzene rings is 2. The van der Waals surface area contributed by atoms with Crippen molar-refractivity contribution in [1.82, 2.24) is 14.3 Å². The van der Waals surface area contributed by atoms with Gasteiger partial charge in [-0.1, -0.05) is 51.1 Å². The van der Waals surface area contributed by atoms with E-state index in [0.29, 0.717) is 15.7 Å². The van der Waals surface area contributed by atoms with E-state index in [1.54, 1.807) is 50.4 Å². The van der Waals surface area contributed by atoms with Crippen LogP contribution in [0.1, 0.15) is 42.4 Å². The van der Waals surface area contributed by atoms with Gasteiger partial charge in [0.2, 0.25) is 0 Å². The topological polar surface area (TPSA) is 94.3 Å². The molecule has 2 aromatic carbocycles. The Labute approximate surface area is 210 Å². The Hall–Kier alpha value is -3.98. The lowest BCUT2D eigenvalue weighted by Gasteiger charge is -2.23. The van der Waals surface area contributed by atoms with Gasteiger partial charge in [-0.05, 0) is 54.3 Å². The number of para-hydroxylation sites is 1. The van der Waals surface area contributed by atoms with E-state index in [0.717, 1.165) is 5.56 Å². The van der Waals surface area contributed by atoms with Crippen LogP contribution in [0.5, 0.6) is 0 Å². The van der Waals surface area contributed by atoms with Crippen LogP contribution in [0.15, 0.2) is 88.8 Å². The summed E-state index contributed by atoms with van der Waals surface area (Å²) in [7, 11) is -2.82. The van der Waals surface area contributed by atoms with E-state index in [2.05, 4.69) is 4.98 Å². The van der Waals surface area contributed by atoms with E-state index in [-0.39, 0.29) is 21.6 Å². The van der Waals surface area contributed by atoms with Gasteiger partial charge < -0.3 is 0 Å². The first-order valence-electron chi connectivity index (χ1n) is 11.4. The number of sulfonamides is 1. The van der Waals surface area contributed by atoms with Gasteiger partial charge in [0.25, 0.3) is 21.5 Å². The number of anilines is 1. The summed E-state index contributed by atoms with van der Waals surface area (Å²) in [4.78, 5) is 31.3. The third-order valence-corrected chi connectivity index (χ3v) is 7.78. The van der Waals surface area contributed by atoms with Crippen molar-refractivity contribution in [3.05, 3.63) is 106 Å². The molecule has 2 aromatic heterocycles. The van der Waals surface area contributed by atoms with Gasteiger partial charge in [-0.15, -0.1) is 0 Å². The molecule has 9 heteroatoms. The largest absolute Gasteiger partial charge is 0.296 e. The highest BCUT2D eigenvalue weighted by Crippen LogP contribution is 2.29. The van der Waals surface area contributed by atoms with Crippen molar-refractivity contribution in [2.75, 3.05) is 4.31 Å². The zero-order valence-electron chi connectivity index (χ0n) is 20.8. The van der Waals surface area contributed by atoms with Crippen molar-refractivity contribution in [1.29, 1.82) is 0 Å². The first-order chi connectivity index (χ1) is 16.9. The van der Waals surface area contributed by atoms with Crippen LogP contribution in [0, 0.1) is 6.92 Å². The number of pyridine rings is 1. The smallest absolute Gasteiger partial charge is 0.283 e. The van der Waals surface area contributed by atoms with Crippen LogP contribution in [0.2, 0.25) is 0 Å². The minimum atomic E-state index is -4.47. The number of carbonyl (C=O) groups is 1. The second kappa shape index (κ2) is 9.23. The van der Waals surface area contributed by atoms with Crippen LogP contribution < -0.4 is 9.86 Å². The molecule has 0 aliphatic rings. The summed E-state index contributed by atoms with van der Waals surface area (Å²) < 4.78 is 31.5. The SMILES string of the molecule is Cc1c(N(C(=O)c2cccnc2)S(=O)(=O)c2ccc(C(C)(C)C)cc2)c(=O)n(-c2ccccc2)n1C. The van der Waals surface area contributed by atoms with Gasteiger partial charge >= 0.3 is 0 Å². The van der Waals surface area contributed by atoms with Crippen molar-refractivity contribution in [3.63, 3.8) is 0 Å². The summed E-state index contributed by atoms with van der Waals surface area (Å²) in [6, 6.07) is 18.2. The van der Waals surface area contributed by atoms with Crippen LogP contribution in [0.25, 0.3) is 5.69 Å². The highest BCUT2D eigenvalue weighted by atomic mass is 32.2. The van der Waals surface area contributed by atoms with Crippen LogP contribution in [0.4, 0.5) is 5.69 Å². The zero-order valence-corrected chi connectivity index (χ0v) is 21.7. The summed E-state index contributed by atoms with van der Waals surface area (Å²) in [6.07, 6.45) is 2.76. The molecule has 4 rings (SSSR count). The lowest BCUT2D eigenvalue weighted by atomic mass is 9.87. The summed E-state index contributed by atoms with van der Waals surface area (Å²) in [6.45, 7) is 7.67. The van der Waals surface area contributed by atoms with Gasteiger partial charge in [-0.3, -0.25) is 19.3 Å². The molecule has 0 saturated heterocycles. The molecule has 0 aliphatic carbocycles. The Morgan fingerprint density at radius 1 is 0.944 bits per heavy atom. The fourth-order valence-electron chi connectivity index (χ4n) is 3.96. The van der Waals surface area contributed by atoms with Crippen molar-refractivity contribution in [2.24, 2.45) is 7.05 Å². The Kier molecular flexibility index (Phi) is 6.44. The van der Waals surface area contributed by atoms with Crippen molar-refractivity contribution >= 4 is 21.6 Å². The lowest BCUT2D eigenvalue weighted by molar-refractivity contribution is 0.100. The first-order valence-corrected chi connectivity index (χ1v) is 12.8. The minimum Gasteiger partial charge on any atom is -0.283 e. The standard InChI is InChI=1S/C27H28N4O4S/c1-19-24(26(33)30(29(19)5)22-11-7-6-8-12-22)31(25(32)20-10-9-17-28-18-20)36(34,35)23-15-13-21(14-16-23)27(2,3)4/h6-18H,1-5H3. The molecule has 2 heterocycles. The molecule has 0 unspecified atom stereocenters. The molecule has 0 fully saturated rings.